The predicted octanol–water partition coefficient (Wildman–Crippen LogP) is 1.47. The van der Waals surface area contributed by atoms with Gasteiger partial charge < -0.3 is 15.2 Å². The number of nitrogens with one attached hydrogen (secondary N) is 3. The Morgan fingerprint density at radius 3 is 2.67 bits per heavy atom. The van der Waals surface area contributed by atoms with Crippen LogP contribution in [0.2, 0.25) is 0 Å². The minimum absolute atomic E-state index is 0.192. The lowest BCUT2D eigenvalue weighted by atomic mass is 10.1. The zero-order valence-electron chi connectivity index (χ0n) is 14.2. The molecule has 0 spiro atoms. The van der Waals surface area contributed by atoms with Crippen LogP contribution < -0.4 is 16.0 Å². The summed E-state index contributed by atoms with van der Waals surface area (Å²) in [7, 11) is 1.70. The first-order valence-electron chi connectivity index (χ1n) is 7.68. The van der Waals surface area contributed by atoms with Gasteiger partial charge in [-0.25, -0.2) is 0 Å². The van der Waals surface area contributed by atoms with Crippen molar-refractivity contribution in [1.29, 1.82) is 0 Å². The van der Waals surface area contributed by atoms with Gasteiger partial charge >= 0.3 is 5.17 Å². The molecule has 1 heterocycles. The van der Waals surface area contributed by atoms with E-state index in [0.29, 0.717) is 27.8 Å². The monoisotopic (exact) mass is 366 g/mol. The van der Waals surface area contributed by atoms with Gasteiger partial charge in [-0.3, -0.25) is 10.1 Å². The number of nitrogens with zero attached hydrogens (tertiary/aromatic N) is 1. The molecule has 1 amide bonds. The van der Waals surface area contributed by atoms with Crippen LogP contribution in [0.15, 0.2) is 29.3 Å². The fraction of sp³-hybridized carbons (Fsp3) is 0.438. The smallest absolute Gasteiger partial charge is 0.320 e. The Balaban J connectivity index is 2.34. The molecule has 2 unspecified atom stereocenters. The van der Waals surface area contributed by atoms with Crippen LogP contribution in [-0.2, 0) is 11.2 Å². The minimum Gasteiger partial charge on any atom is -0.607 e. The van der Waals surface area contributed by atoms with Crippen molar-refractivity contribution in [2.75, 3.05) is 13.6 Å². The van der Waals surface area contributed by atoms with Gasteiger partial charge in [-0.15, -0.1) is 0 Å². The van der Waals surface area contributed by atoms with E-state index in [-0.39, 0.29) is 5.91 Å². The van der Waals surface area contributed by atoms with Crippen molar-refractivity contribution >= 4 is 39.5 Å². The minimum atomic E-state index is -1.52. The molecule has 6 nitrogen and oxygen atoms in total. The van der Waals surface area contributed by atoms with Gasteiger partial charge in [-0.05, 0) is 33.9 Å². The number of carbonyl (C=O) groups excluding carboxylic acids is 1. The van der Waals surface area contributed by atoms with Gasteiger partial charge in [0.25, 0.3) is 5.91 Å². The lowest BCUT2D eigenvalue weighted by molar-refractivity contribution is 0.0954. The number of amidine groups is 1. The fourth-order valence-corrected chi connectivity index (χ4v) is 3.96. The molecular formula is C16H22N4O2S2. The molecule has 0 bridgehead atoms. The summed E-state index contributed by atoms with van der Waals surface area (Å²) in [6.45, 7) is 6.16. The summed E-state index contributed by atoms with van der Waals surface area (Å²) in [5.74, 6) is -0.192. The zero-order chi connectivity index (χ0) is 17.9. The highest BCUT2D eigenvalue weighted by Crippen LogP contribution is 2.27. The molecule has 8 heteroatoms. The predicted molar refractivity (Wildman–Crippen MR) is 102 cm³/mol. The van der Waals surface area contributed by atoms with Gasteiger partial charge in [0.05, 0.1) is 5.54 Å². The van der Waals surface area contributed by atoms with E-state index in [1.807, 2.05) is 26.8 Å². The van der Waals surface area contributed by atoms with Crippen LogP contribution in [-0.4, -0.2) is 39.7 Å². The molecule has 0 fully saturated rings. The summed E-state index contributed by atoms with van der Waals surface area (Å²) in [6, 6.07) is 7.12. The summed E-state index contributed by atoms with van der Waals surface area (Å²) in [6.07, 6.45) is 0. The van der Waals surface area contributed by atoms with E-state index in [2.05, 4.69) is 20.9 Å². The summed E-state index contributed by atoms with van der Waals surface area (Å²) in [4.78, 5) is 17.0. The highest BCUT2D eigenvalue weighted by Gasteiger charge is 2.40. The van der Waals surface area contributed by atoms with Gasteiger partial charge in [0, 0.05) is 28.8 Å². The molecule has 2 rings (SSSR count). The number of amides is 1. The number of rotatable bonds is 5. The molecule has 0 saturated heterocycles. The Labute approximate surface area is 150 Å². The molecule has 2 atom stereocenters. The maximum absolute atomic E-state index is 13.0. The first kappa shape index (κ1) is 18.9. The van der Waals surface area contributed by atoms with Crippen molar-refractivity contribution in [1.82, 2.24) is 16.0 Å². The number of aliphatic imine (C=N–C) groups is 1. The van der Waals surface area contributed by atoms with E-state index in [0.717, 1.165) is 0 Å². The number of hydrogen-bond acceptors (Lipinski definition) is 5. The van der Waals surface area contributed by atoms with Crippen LogP contribution in [0.5, 0.6) is 0 Å². The molecule has 3 N–H and O–H groups in total. The summed E-state index contributed by atoms with van der Waals surface area (Å²) in [5.41, 5.74) is 0.648. The van der Waals surface area contributed by atoms with Gasteiger partial charge in [-0.1, -0.05) is 30.4 Å². The molecular weight excluding hydrogens is 344 g/mol. The summed E-state index contributed by atoms with van der Waals surface area (Å²) in [5, 5.41) is 8.67. The Bertz CT molecular complexity index is 676. The molecule has 1 aromatic carbocycles. The van der Waals surface area contributed by atoms with Crippen LogP contribution >= 0.6 is 12.2 Å². The van der Waals surface area contributed by atoms with E-state index in [9.17, 15) is 9.35 Å². The molecule has 0 aromatic heterocycles. The molecule has 1 aliphatic heterocycles. The van der Waals surface area contributed by atoms with Gasteiger partial charge in [0.15, 0.2) is 0 Å². The lowest BCUT2D eigenvalue weighted by Crippen LogP contribution is -2.46. The van der Waals surface area contributed by atoms with Crippen molar-refractivity contribution in [3.8, 4) is 0 Å². The van der Waals surface area contributed by atoms with Gasteiger partial charge in [0.1, 0.15) is 4.99 Å². The van der Waals surface area contributed by atoms with E-state index < -0.39 is 22.1 Å². The summed E-state index contributed by atoms with van der Waals surface area (Å²) >= 11 is 3.70. The van der Waals surface area contributed by atoms with Crippen molar-refractivity contribution in [3.05, 3.63) is 35.4 Å². The summed E-state index contributed by atoms with van der Waals surface area (Å²) < 4.78 is 13.0. The van der Waals surface area contributed by atoms with Crippen LogP contribution in [0.3, 0.4) is 0 Å². The molecule has 130 valence electrons. The third-order valence-corrected chi connectivity index (χ3v) is 5.74. The maximum atomic E-state index is 13.0. The molecule has 24 heavy (non-hydrogen) atoms. The number of carbonyl (C=O) groups is 1. The van der Waals surface area contributed by atoms with Crippen molar-refractivity contribution in [2.24, 2.45) is 4.99 Å². The first-order chi connectivity index (χ1) is 11.3. The van der Waals surface area contributed by atoms with E-state index in [4.69, 9.17) is 12.2 Å². The van der Waals surface area contributed by atoms with Crippen molar-refractivity contribution in [3.63, 3.8) is 0 Å². The Morgan fingerprint density at radius 2 is 2.12 bits per heavy atom. The quantitative estimate of drug-likeness (QED) is 0.542. The van der Waals surface area contributed by atoms with Crippen LogP contribution in [0.1, 0.15) is 42.1 Å². The SMILES string of the molecule is CCNC(=O)c1ccccc1C(NC)[S+]([O-])C1=NC(=S)C(C)(C)N1. The number of thiocarbonyl (C=S) groups is 1. The number of hydrogen-bond donors (Lipinski definition) is 3. The van der Waals surface area contributed by atoms with Crippen molar-refractivity contribution < 1.29 is 9.35 Å². The number of benzene rings is 1. The average Bonchev–Trinajstić information content (AvgIpc) is 2.82. The Kier molecular flexibility index (Phi) is 5.97. The van der Waals surface area contributed by atoms with E-state index in [1.54, 1.807) is 25.2 Å². The average molecular weight is 367 g/mol. The standard InChI is InChI=1S/C16H22N4O2S2/c1-5-18-12(21)10-8-6-7-9-11(10)13(17-4)24(22)15-19-14(23)16(2,3)20-15/h6-9,13,17H,5H2,1-4H3,(H,18,21)(H,19,20,23). The van der Waals surface area contributed by atoms with E-state index in [1.165, 1.54) is 0 Å². The molecule has 1 aliphatic rings. The van der Waals surface area contributed by atoms with Crippen molar-refractivity contribution in [2.45, 2.75) is 31.7 Å². The largest absolute Gasteiger partial charge is 0.607 e. The Hall–Kier alpha value is -1.48. The Morgan fingerprint density at radius 1 is 1.46 bits per heavy atom. The second-order valence-electron chi connectivity index (χ2n) is 5.88. The molecule has 0 saturated carbocycles. The molecule has 0 aliphatic carbocycles. The highest BCUT2D eigenvalue weighted by molar-refractivity contribution is 8.06. The third-order valence-electron chi connectivity index (χ3n) is 3.65. The lowest BCUT2D eigenvalue weighted by Gasteiger charge is -2.24. The first-order valence-corrected chi connectivity index (χ1v) is 9.30. The normalized spacial score (nSPS) is 18.5. The van der Waals surface area contributed by atoms with Crippen LogP contribution in [0, 0.1) is 0 Å². The van der Waals surface area contributed by atoms with E-state index >= 15 is 0 Å². The zero-order valence-corrected chi connectivity index (χ0v) is 15.8. The maximum Gasteiger partial charge on any atom is 0.320 e. The second-order valence-corrected chi connectivity index (χ2v) is 7.72. The third kappa shape index (κ3) is 3.77. The van der Waals surface area contributed by atoms with Crippen LogP contribution in [0.4, 0.5) is 0 Å². The highest BCUT2D eigenvalue weighted by atomic mass is 32.2. The van der Waals surface area contributed by atoms with Crippen LogP contribution in [0.25, 0.3) is 0 Å². The van der Waals surface area contributed by atoms with Gasteiger partial charge in [-0.2, -0.15) is 4.99 Å². The van der Waals surface area contributed by atoms with Gasteiger partial charge in [0.2, 0.25) is 5.37 Å². The molecule has 0 radical (unpaired) electrons. The topological polar surface area (TPSA) is 88.6 Å². The molecule has 1 aromatic rings. The second kappa shape index (κ2) is 7.60. The fourth-order valence-electron chi connectivity index (χ4n) is 2.35.